The zero-order valence-electron chi connectivity index (χ0n) is 23.2. The minimum atomic E-state index is -0.587. The van der Waals surface area contributed by atoms with Gasteiger partial charge in [0.1, 0.15) is 17.8 Å². The quantitative estimate of drug-likeness (QED) is 0.481. The minimum Gasteiger partial charge on any atom is -0.444 e. The highest BCUT2D eigenvalue weighted by molar-refractivity contribution is 5.98. The van der Waals surface area contributed by atoms with Gasteiger partial charge in [0.25, 0.3) is 5.91 Å². The number of amides is 2. The highest BCUT2D eigenvalue weighted by Crippen LogP contribution is 2.44. The van der Waals surface area contributed by atoms with Crippen LogP contribution in [0.4, 0.5) is 16.2 Å². The molecule has 39 heavy (non-hydrogen) atoms. The molecule has 2 aliphatic heterocycles. The number of para-hydroxylation sites is 1. The first-order valence-electron chi connectivity index (χ1n) is 13.5. The highest BCUT2D eigenvalue weighted by Gasteiger charge is 2.34. The third-order valence-corrected chi connectivity index (χ3v) is 7.38. The van der Waals surface area contributed by atoms with Gasteiger partial charge >= 0.3 is 6.09 Å². The number of nitrogens with zero attached hydrogens (tertiary/aromatic N) is 4. The number of hydrogen-bond donors (Lipinski definition) is 2. The molecule has 0 bridgehead atoms. The number of fused-ring (bicyclic) bond motifs is 2. The Morgan fingerprint density at radius 1 is 1.21 bits per heavy atom. The van der Waals surface area contributed by atoms with Gasteiger partial charge in [0.05, 0.1) is 22.6 Å². The Morgan fingerprint density at radius 2 is 1.97 bits per heavy atom. The molecular formula is C30H36N6O3. The number of alkyl carbamates (subject to hydrolysis) is 1. The molecule has 204 valence electrons. The smallest absolute Gasteiger partial charge is 0.407 e. The van der Waals surface area contributed by atoms with Crippen molar-refractivity contribution in [2.75, 3.05) is 30.4 Å². The van der Waals surface area contributed by atoms with Gasteiger partial charge in [0.15, 0.2) is 0 Å². The van der Waals surface area contributed by atoms with E-state index < -0.39 is 11.7 Å². The van der Waals surface area contributed by atoms with Crippen LogP contribution < -0.4 is 15.5 Å². The van der Waals surface area contributed by atoms with E-state index >= 15 is 0 Å². The van der Waals surface area contributed by atoms with Crippen molar-refractivity contribution in [2.45, 2.75) is 64.9 Å². The predicted molar refractivity (Wildman–Crippen MR) is 152 cm³/mol. The molecule has 2 aromatic carbocycles. The number of anilines is 2. The Morgan fingerprint density at radius 3 is 2.69 bits per heavy atom. The lowest BCUT2D eigenvalue weighted by molar-refractivity contribution is 0.0452. The van der Waals surface area contributed by atoms with Gasteiger partial charge in [-0.15, -0.1) is 0 Å². The van der Waals surface area contributed by atoms with Crippen LogP contribution in [0.5, 0.6) is 0 Å². The number of ether oxygens (including phenoxy) is 1. The zero-order valence-corrected chi connectivity index (χ0v) is 23.2. The number of aryl methyl sites for hydroxylation is 1. The second-order valence-electron chi connectivity index (χ2n) is 11.3. The van der Waals surface area contributed by atoms with Crippen molar-refractivity contribution in [1.82, 2.24) is 14.8 Å². The van der Waals surface area contributed by atoms with Gasteiger partial charge in [-0.05, 0) is 64.8 Å². The van der Waals surface area contributed by atoms with Crippen LogP contribution in [0.25, 0.3) is 10.9 Å². The van der Waals surface area contributed by atoms with Gasteiger partial charge in [-0.2, -0.15) is 5.26 Å². The second-order valence-corrected chi connectivity index (χ2v) is 11.3. The first-order valence-corrected chi connectivity index (χ1v) is 13.5. The van der Waals surface area contributed by atoms with Crippen LogP contribution in [0, 0.1) is 11.3 Å². The highest BCUT2D eigenvalue weighted by atomic mass is 16.6. The number of piperidine rings is 1. The molecule has 9 heteroatoms. The van der Waals surface area contributed by atoms with Crippen molar-refractivity contribution in [1.29, 1.82) is 5.26 Å². The first-order chi connectivity index (χ1) is 18.6. The number of nitriles is 1. The molecule has 2 unspecified atom stereocenters. The molecule has 2 amide bonds. The van der Waals surface area contributed by atoms with Crippen molar-refractivity contribution in [3.63, 3.8) is 0 Å². The van der Waals surface area contributed by atoms with E-state index in [1.54, 1.807) is 11.0 Å². The van der Waals surface area contributed by atoms with Crippen LogP contribution in [0.2, 0.25) is 0 Å². The number of carbonyl (C=O) groups is 2. The SMILES string of the molecule is CCn1c(C2Nc3cc(C(=O)N4CCCC(NC(=O)OC(C)(C)C)C4)cc(C#N)c3N2C)cc2ccccc21. The van der Waals surface area contributed by atoms with Gasteiger partial charge in [-0.3, -0.25) is 4.79 Å². The number of nitrogens with one attached hydrogen (secondary N) is 2. The summed E-state index contributed by atoms with van der Waals surface area (Å²) in [6, 6.07) is 16.1. The molecular weight excluding hydrogens is 492 g/mol. The monoisotopic (exact) mass is 528 g/mol. The number of rotatable bonds is 4. The fraction of sp³-hybridized carbons (Fsp3) is 0.433. The lowest BCUT2D eigenvalue weighted by Gasteiger charge is -2.33. The molecule has 0 spiro atoms. The average molecular weight is 529 g/mol. The Labute approximate surface area is 229 Å². The fourth-order valence-electron chi connectivity index (χ4n) is 5.73. The molecule has 2 N–H and O–H groups in total. The Bertz CT molecular complexity index is 1460. The summed E-state index contributed by atoms with van der Waals surface area (Å²) in [5, 5.41) is 17.7. The maximum absolute atomic E-state index is 13.6. The summed E-state index contributed by atoms with van der Waals surface area (Å²) in [6.07, 6.45) is 0.888. The van der Waals surface area contributed by atoms with Gasteiger partial charge in [-0.25, -0.2) is 4.79 Å². The maximum atomic E-state index is 13.6. The molecule has 0 radical (unpaired) electrons. The molecule has 1 aromatic heterocycles. The lowest BCUT2D eigenvalue weighted by Crippen LogP contribution is -2.50. The number of likely N-dealkylation sites (tertiary alicyclic amines) is 1. The topological polar surface area (TPSA) is 103 Å². The van der Waals surface area contributed by atoms with Gasteiger partial charge < -0.3 is 29.7 Å². The van der Waals surface area contributed by atoms with Crippen molar-refractivity contribution in [3.8, 4) is 6.07 Å². The molecule has 3 heterocycles. The van der Waals surface area contributed by atoms with Crippen LogP contribution in [0.1, 0.15) is 68.3 Å². The molecule has 0 aliphatic carbocycles. The number of aromatic nitrogens is 1. The minimum absolute atomic E-state index is 0.152. The second kappa shape index (κ2) is 10.2. The van der Waals surface area contributed by atoms with Crippen molar-refractivity contribution in [3.05, 3.63) is 59.3 Å². The zero-order chi connectivity index (χ0) is 27.9. The largest absolute Gasteiger partial charge is 0.444 e. The van der Waals surface area contributed by atoms with E-state index in [0.717, 1.165) is 47.4 Å². The van der Waals surface area contributed by atoms with Crippen LogP contribution in [-0.4, -0.2) is 53.2 Å². The lowest BCUT2D eigenvalue weighted by atomic mass is 10.0. The molecule has 2 aliphatic rings. The molecule has 3 aromatic rings. The van der Waals surface area contributed by atoms with E-state index in [9.17, 15) is 14.9 Å². The summed E-state index contributed by atoms with van der Waals surface area (Å²) in [5.41, 5.74) is 4.14. The molecule has 5 rings (SSSR count). The fourth-order valence-corrected chi connectivity index (χ4v) is 5.73. The number of hydrogen-bond acceptors (Lipinski definition) is 6. The third-order valence-electron chi connectivity index (χ3n) is 7.38. The van der Waals surface area contributed by atoms with E-state index in [4.69, 9.17) is 4.74 Å². The van der Waals surface area contributed by atoms with E-state index in [0.29, 0.717) is 24.2 Å². The van der Waals surface area contributed by atoms with E-state index in [1.165, 1.54) is 0 Å². The van der Waals surface area contributed by atoms with Crippen LogP contribution in [0.3, 0.4) is 0 Å². The van der Waals surface area contributed by atoms with Crippen LogP contribution in [0.15, 0.2) is 42.5 Å². The van der Waals surface area contributed by atoms with Gasteiger partial charge in [-0.1, -0.05) is 18.2 Å². The predicted octanol–water partition coefficient (Wildman–Crippen LogP) is 5.22. The molecule has 0 saturated carbocycles. The summed E-state index contributed by atoms with van der Waals surface area (Å²) in [5.74, 6) is -0.152. The summed E-state index contributed by atoms with van der Waals surface area (Å²) >= 11 is 0. The first kappa shape index (κ1) is 26.4. The third kappa shape index (κ3) is 5.11. The number of carbonyl (C=O) groups excluding carboxylic acids is 2. The Hall–Kier alpha value is -4.19. The maximum Gasteiger partial charge on any atom is 0.407 e. The van der Waals surface area contributed by atoms with Gasteiger partial charge in [0, 0.05) is 49.2 Å². The molecule has 9 nitrogen and oxygen atoms in total. The normalized spacial score (nSPS) is 18.9. The summed E-state index contributed by atoms with van der Waals surface area (Å²) in [6.45, 7) is 9.39. The molecule has 1 saturated heterocycles. The molecule has 1 fully saturated rings. The van der Waals surface area contributed by atoms with Crippen molar-refractivity contribution >= 4 is 34.3 Å². The average Bonchev–Trinajstić information content (AvgIpc) is 3.43. The van der Waals surface area contributed by atoms with E-state index in [1.807, 2.05) is 46.0 Å². The molecule has 2 atom stereocenters. The Kier molecular flexibility index (Phi) is 6.89. The van der Waals surface area contributed by atoms with Crippen LogP contribution >= 0.6 is 0 Å². The van der Waals surface area contributed by atoms with Crippen molar-refractivity contribution in [2.24, 2.45) is 0 Å². The van der Waals surface area contributed by atoms with E-state index in [-0.39, 0.29) is 18.1 Å². The van der Waals surface area contributed by atoms with Gasteiger partial charge in [0.2, 0.25) is 0 Å². The number of benzene rings is 2. The van der Waals surface area contributed by atoms with E-state index in [2.05, 4.69) is 51.3 Å². The Balaban J connectivity index is 1.38. The standard InChI is InChI=1S/C30H36N6O3/c1-6-36-24-12-8-7-10-19(24)16-25(36)27-33-23-15-20(14-21(17-31)26(23)34(27)5)28(37)35-13-9-11-22(18-35)32-29(38)39-30(2,3)4/h7-8,10,12,14-16,22,27,33H,6,9,11,13,18H2,1-5H3,(H,32,38). The summed E-state index contributed by atoms with van der Waals surface area (Å²) in [4.78, 5) is 29.7. The summed E-state index contributed by atoms with van der Waals surface area (Å²) < 4.78 is 7.67. The van der Waals surface area contributed by atoms with Crippen molar-refractivity contribution < 1.29 is 14.3 Å². The summed E-state index contributed by atoms with van der Waals surface area (Å²) in [7, 11) is 1.97. The van der Waals surface area contributed by atoms with Crippen LogP contribution in [-0.2, 0) is 11.3 Å².